The van der Waals surface area contributed by atoms with Crippen LogP contribution in [0, 0.1) is 0 Å². The average molecular weight is 267 g/mol. The van der Waals surface area contributed by atoms with Crippen molar-refractivity contribution in [3.63, 3.8) is 0 Å². The van der Waals surface area contributed by atoms with Crippen LogP contribution in [0.5, 0.6) is 0 Å². The number of ether oxygens (including phenoxy) is 1. The molecule has 0 rings (SSSR count). The van der Waals surface area contributed by atoms with E-state index in [2.05, 4.69) is 4.74 Å². The van der Waals surface area contributed by atoms with E-state index in [-0.39, 0.29) is 25.6 Å². The third-order valence-corrected chi connectivity index (χ3v) is 2.45. The van der Waals surface area contributed by atoms with Crippen LogP contribution in [0.4, 0.5) is 8.78 Å². The molecule has 0 aliphatic rings. The van der Waals surface area contributed by atoms with Crippen LogP contribution in [0.2, 0.25) is 0 Å². The Balaban J connectivity index is 4.17. The predicted octanol–water partition coefficient (Wildman–Crippen LogP) is 1.37. The lowest BCUT2D eigenvalue weighted by molar-refractivity contribution is -0.146. The van der Waals surface area contributed by atoms with Crippen LogP contribution in [-0.2, 0) is 14.3 Å². The highest BCUT2D eigenvalue weighted by molar-refractivity contribution is 5.81. The van der Waals surface area contributed by atoms with E-state index in [1.165, 1.54) is 4.90 Å². The third kappa shape index (κ3) is 7.16. The molecule has 7 heteroatoms. The van der Waals surface area contributed by atoms with Gasteiger partial charge in [0.1, 0.15) is 13.2 Å². The topological polar surface area (TPSA) is 66.8 Å². The van der Waals surface area contributed by atoms with Gasteiger partial charge in [0, 0.05) is 6.04 Å². The Kier molecular flexibility index (Phi) is 8.19. The normalized spacial score (nSPS) is 12.5. The quantitative estimate of drug-likeness (QED) is 0.641. The summed E-state index contributed by atoms with van der Waals surface area (Å²) in [6, 6.07) is -0.205. The molecule has 1 N–H and O–H groups in total. The zero-order valence-corrected chi connectivity index (χ0v) is 10.6. The lowest BCUT2D eigenvalue weighted by Crippen LogP contribution is -2.42. The molecule has 106 valence electrons. The van der Waals surface area contributed by atoms with Gasteiger partial charge in [0.05, 0.1) is 13.0 Å². The molecule has 0 aromatic carbocycles. The third-order valence-electron chi connectivity index (χ3n) is 2.45. The van der Waals surface area contributed by atoms with E-state index in [0.717, 1.165) is 0 Å². The summed E-state index contributed by atoms with van der Waals surface area (Å²) in [5.41, 5.74) is 0. The summed E-state index contributed by atoms with van der Waals surface area (Å²) >= 11 is 0. The number of rotatable bonds is 9. The molecule has 0 fully saturated rings. The molecule has 18 heavy (non-hydrogen) atoms. The molecule has 0 spiro atoms. The predicted molar refractivity (Wildman–Crippen MR) is 60.5 cm³/mol. The maximum Gasteiger partial charge on any atom is 0.323 e. The van der Waals surface area contributed by atoms with Crippen LogP contribution in [0.15, 0.2) is 0 Å². The number of halogens is 2. The maximum atomic E-state index is 11.8. The number of nitrogens with zero attached hydrogens (tertiary/aromatic N) is 1. The van der Waals surface area contributed by atoms with Gasteiger partial charge in [-0.15, -0.1) is 0 Å². The second kappa shape index (κ2) is 8.79. The van der Waals surface area contributed by atoms with Gasteiger partial charge in [-0.1, -0.05) is 6.92 Å². The highest BCUT2D eigenvalue weighted by atomic mass is 19.3. The summed E-state index contributed by atoms with van der Waals surface area (Å²) < 4.78 is 28.1. The van der Waals surface area contributed by atoms with E-state index in [9.17, 15) is 18.4 Å². The Morgan fingerprint density at radius 3 is 2.44 bits per heavy atom. The Labute approximate surface area is 105 Å². The summed E-state index contributed by atoms with van der Waals surface area (Å²) in [6.45, 7) is 2.34. The lowest BCUT2D eigenvalue weighted by Gasteiger charge is -2.26. The first-order valence-electron chi connectivity index (χ1n) is 5.75. The average Bonchev–Trinajstić information content (AvgIpc) is 2.29. The van der Waals surface area contributed by atoms with Gasteiger partial charge >= 0.3 is 5.97 Å². The van der Waals surface area contributed by atoms with Crippen molar-refractivity contribution in [3.05, 3.63) is 0 Å². The first-order chi connectivity index (χ1) is 8.38. The summed E-state index contributed by atoms with van der Waals surface area (Å²) in [5, 5.41) is 8.70. The number of hydrogen-bond acceptors (Lipinski definition) is 3. The maximum absolute atomic E-state index is 11.8. The fourth-order valence-electron chi connectivity index (χ4n) is 1.33. The van der Waals surface area contributed by atoms with Crippen molar-refractivity contribution in [1.29, 1.82) is 0 Å². The largest absolute Gasteiger partial charge is 0.480 e. The minimum absolute atomic E-state index is 0.0929. The van der Waals surface area contributed by atoms with Crippen molar-refractivity contribution in [2.24, 2.45) is 0 Å². The number of carbonyl (C=O) groups is 2. The van der Waals surface area contributed by atoms with Crippen molar-refractivity contribution in [3.8, 4) is 0 Å². The molecule has 0 aliphatic carbocycles. The first kappa shape index (κ1) is 16.8. The molecule has 1 atom stereocenters. The van der Waals surface area contributed by atoms with Gasteiger partial charge in [-0.05, 0) is 13.3 Å². The van der Waals surface area contributed by atoms with Crippen LogP contribution >= 0.6 is 0 Å². The van der Waals surface area contributed by atoms with Gasteiger partial charge in [-0.25, -0.2) is 8.78 Å². The minimum atomic E-state index is -2.57. The van der Waals surface area contributed by atoms with Gasteiger partial charge in [0.25, 0.3) is 6.43 Å². The number of carboxylic acids is 1. The van der Waals surface area contributed by atoms with Gasteiger partial charge in [0.2, 0.25) is 5.91 Å². The Morgan fingerprint density at radius 1 is 1.39 bits per heavy atom. The molecule has 5 nitrogen and oxygen atoms in total. The van der Waals surface area contributed by atoms with E-state index in [1.54, 1.807) is 6.92 Å². The zero-order chi connectivity index (χ0) is 14.1. The molecular formula is C11H19F2NO4. The number of amides is 1. The highest BCUT2D eigenvalue weighted by Crippen LogP contribution is 2.06. The van der Waals surface area contributed by atoms with Crippen molar-refractivity contribution in [2.75, 3.05) is 19.8 Å². The van der Waals surface area contributed by atoms with E-state index in [0.29, 0.717) is 6.42 Å². The van der Waals surface area contributed by atoms with Crippen molar-refractivity contribution in [1.82, 2.24) is 4.90 Å². The number of alkyl halides is 2. The standard InChI is InChI=1S/C11H19F2NO4/c1-3-8(2)14(6-11(16)17)10(15)4-5-18-7-9(12)13/h8-9H,3-7H2,1-2H3,(H,16,17). The van der Waals surface area contributed by atoms with E-state index in [1.807, 2.05) is 6.92 Å². The minimum Gasteiger partial charge on any atom is -0.480 e. The molecule has 0 aromatic rings. The number of carboxylic acid groups (broad SMARTS) is 1. The number of aliphatic carboxylic acids is 1. The Bertz CT molecular complexity index is 274. The first-order valence-corrected chi connectivity index (χ1v) is 5.75. The van der Waals surface area contributed by atoms with E-state index < -0.39 is 24.9 Å². The number of hydrogen-bond donors (Lipinski definition) is 1. The van der Waals surface area contributed by atoms with Crippen LogP contribution in [0.1, 0.15) is 26.7 Å². The molecule has 0 radical (unpaired) electrons. The summed E-state index contributed by atoms with van der Waals surface area (Å²) in [4.78, 5) is 23.6. The highest BCUT2D eigenvalue weighted by Gasteiger charge is 2.21. The van der Waals surface area contributed by atoms with Crippen LogP contribution in [0.3, 0.4) is 0 Å². The summed E-state index contributed by atoms with van der Waals surface area (Å²) in [5.74, 6) is -1.50. The smallest absolute Gasteiger partial charge is 0.323 e. The van der Waals surface area contributed by atoms with Gasteiger partial charge in [-0.2, -0.15) is 0 Å². The van der Waals surface area contributed by atoms with Crippen LogP contribution < -0.4 is 0 Å². The molecule has 0 saturated heterocycles. The molecule has 0 aromatic heterocycles. The second-order valence-electron chi connectivity index (χ2n) is 3.89. The summed E-state index contributed by atoms with van der Waals surface area (Å²) in [7, 11) is 0. The fourth-order valence-corrected chi connectivity index (χ4v) is 1.33. The zero-order valence-electron chi connectivity index (χ0n) is 10.6. The SMILES string of the molecule is CCC(C)N(CC(=O)O)C(=O)CCOCC(F)F. The Hall–Kier alpha value is -1.24. The fraction of sp³-hybridized carbons (Fsp3) is 0.818. The van der Waals surface area contributed by atoms with Crippen molar-refractivity contribution in [2.45, 2.75) is 39.2 Å². The summed E-state index contributed by atoms with van der Waals surface area (Å²) in [6.07, 6.45) is -2.04. The van der Waals surface area contributed by atoms with E-state index >= 15 is 0 Å². The molecular weight excluding hydrogens is 248 g/mol. The molecule has 0 bridgehead atoms. The lowest BCUT2D eigenvalue weighted by atomic mass is 10.2. The van der Waals surface area contributed by atoms with Crippen LogP contribution in [-0.4, -0.2) is 54.1 Å². The van der Waals surface area contributed by atoms with Gasteiger partial charge in [-0.3, -0.25) is 9.59 Å². The van der Waals surface area contributed by atoms with Gasteiger partial charge < -0.3 is 14.7 Å². The molecule has 0 aliphatic heterocycles. The molecule has 1 unspecified atom stereocenters. The second-order valence-corrected chi connectivity index (χ2v) is 3.89. The van der Waals surface area contributed by atoms with Gasteiger partial charge in [0.15, 0.2) is 0 Å². The van der Waals surface area contributed by atoms with Crippen molar-refractivity contribution < 1.29 is 28.2 Å². The van der Waals surface area contributed by atoms with Crippen LogP contribution in [0.25, 0.3) is 0 Å². The molecule has 0 heterocycles. The molecule has 1 amide bonds. The number of carbonyl (C=O) groups excluding carboxylic acids is 1. The van der Waals surface area contributed by atoms with E-state index in [4.69, 9.17) is 5.11 Å². The monoisotopic (exact) mass is 267 g/mol. The Morgan fingerprint density at radius 2 is 2.00 bits per heavy atom. The molecule has 0 saturated carbocycles. The van der Waals surface area contributed by atoms with Crippen molar-refractivity contribution >= 4 is 11.9 Å².